The molecule has 3 heteroatoms. The average Bonchev–Trinajstić information content (AvgIpc) is 2.33. The van der Waals surface area contributed by atoms with Crippen molar-refractivity contribution in [1.82, 2.24) is 5.32 Å². The van der Waals surface area contributed by atoms with Crippen molar-refractivity contribution >= 4 is 5.97 Å². The zero-order valence-electron chi connectivity index (χ0n) is 10.2. The van der Waals surface area contributed by atoms with Crippen molar-refractivity contribution in [1.29, 1.82) is 0 Å². The molecule has 1 aliphatic carbocycles. The average molecular weight is 225 g/mol. The fourth-order valence-electron chi connectivity index (χ4n) is 2.76. The van der Waals surface area contributed by atoms with Crippen LogP contribution in [0.5, 0.6) is 0 Å². The van der Waals surface area contributed by atoms with Gasteiger partial charge < -0.3 is 10.1 Å². The Kier molecular flexibility index (Phi) is 4.22. The van der Waals surface area contributed by atoms with Crippen molar-refractivity contribution in [2.75, 3.05) is 13.1 Å². The van der Waals surface area contributed by atoms with Gasteiger partial charge in [0.05, 0.1) is 5.92 Å². The Hall–Kier alpha value is -0.570. The van der Waals surface area contributed by atoms with Crippen LogP contribution < -0.4 is 5.32 Å². The van der Waals surface area contributed by atoms with Crippen LogP contribution in [0.15, 0.2) is 0 Å². The lowest BCUT2D eigenvalue weighted by Crippen LogP contribution is -2.38. The van der Waals surface area contributed by atoms with Gasteiger partial charge in [0.2, 0.25) is 0 Å². The van der Waals surface area contributed by atoms with Gasteiger partial charge in [-0.2, -0.15) is 0 Å². The zero-order valence-corrected chi connectivity index (χ0v) is 10.2. The van der Waals surface area contributed by atoms with Crippen molar-refractivity contribution in [3.63, 3.8) is 0 Å². The molecular weight excluding hydrogens is 202 g/mol. The van der Waals surface area contributed by atoms with Gasteiger partial charge in [0.1, 0.15) is 6.10 Å². The Morgan fingerprint density at radius 1 is 1.19 bits per heavy atom. The van der Waals surface area contributed by atoms with Crippen LogP contribution in [-0.2, 0) is 9.53 Å². The van der Waals surface area contributed by atoms with Crippen LogP contribution in [0.4, 0.5) is 0 Å². The Morgan fingerprint density at radius 2 is 2.00 bits per heavy atom. The third kappa shape index (κ3) is 2.97. The highest BCUT2D eigenvalue weighted by molar-refractivity contribution is 5.73. The van der Waals surface area contributed by atoms with Gasteiger partial charge >= 0.3 is 5.97 Å². The van der Waals surface area contributed by atoms with Gasteiger partial charge in [-0.3, -0.25) is 4.79 Å². The second-order valence-electron chi connectivity index (χ2n) is 5.28. The number of nitrogens with one attached hydrogen (secondary N) is 1. The summed E-state index contributed by atoms with van der Waals surface area (Å²) in [4.78, 5) is 11.9. The zero-order chi connectivity index (χ0) is 11.4. The highest BCUT2D eigenvalue weighted by Crippen LogP contribution is 2.27. The van der Waals surface area contributed by atoms with Gasteiger partial charge in [-0.25, -0.2) is 0 Å². The summed E-state index contributed by atoms with van der Waals surface area (Å²) in [6, 6.07) is 0. The monoisotopic (exact) mass is 225 g/mol. The molecule has 0 spiro atoms. The van der Waals surface area contributed by atoms with Crippen molar-refractivity contribution in [2.45, 2.75) is 51.6 Å². The predicted molar refractivity (Wildman–Crippen MR) is 63.1 cm³/mol. The molecule has 2 rings (SSSR count). The first-order chi connectivity index (χ1) is 7.77. The summed E-state index contributed by atoms with van der Waals surface area (Å²) in [6.07, 6.45) is 7.05. The summed E-state index contributed by atoms with van der Waals surface area (Å²) < 4.78 is 5.66. The molecule has 3 atom stereocenters. The number of hydrogen-bond donors (Lipinski definition) is 1. The third-order valence-corrected chi connectivity index (χ3v) is 3.93. The minimum atomic E-state index is 0.0333. The van der Waals surface area contributed by atoms with Gasteiger partial charge in [0, 0.05) is 6.54 Å². The summed E-state index contributed by atoms with van der Waals surface area (Å²) in [7, 11) is 0. The molecule has 16 heavy (non-hydrogen) atoms. The van der Waals surface area contributed by atoms with Crippen LogP contribution in [0.25, 0.3) is 0 Å². The molecule has 1 saturated carbocycles. The van der Waals surface area contributed by atoms with Crippen LogP contribution >= 0.6 is 0 Å². The molecule has 0 radical (unpaired) electrons. The van der Waals surface area contributed by atoms with Crippen molar-refractivity contribution in [3.8, 4) is 0 Å². The summed E-state index contributed by atoms with van der Waals surface area (Å²) in [5.41, 5.74) is 0. The minimum Gasteiger partial charge on any atom is -0.462 e. The standard InChI is InChI=1S/C13H23NO2/c1-10-5-2-3-7-12(10)16-13(15)11-6-4-8-14-9-11/h10-12,14H,2-9H2,1H3. The number of carbonyl (C=O) groups excluding carboxylic acids is 1. The van der Waals surface area contributed by atoms with Crippen LogP contribution in [0.2, 0.25) is 0 Å². The molecule has 0 aromatic carbocycles. The minimum absolute atomic E-state index is 0.0333. The Balaban J connectivity index is 1.80. The molecule has 3 nitrogen and oxygen atoms in total. The van der Waals surface area contributed by atoms with E-state index in [1.807, 2.05) is 0 Å². The molecule has 1 saturated heterocycles. The predicted octanol–water partition coefficient (Wildman–Crippen LogP) is 2.11. The normalized spacial score (nSPS) is 35.7. The number of piperidine rings is 1. The molecule has 1 N–H and O–H groups in total. The van der Waals surface area contributed by atoms with Crippen molar-refractivity contribution < 1.29 is 9.53 Å². The van der Waals surface area contributed by atoms with E-state index in [2.05, 4.69) is 12.2 Å². The van der Waals surface area contributed by atoms with E-state index in [-0.39, 0.29) is 18.0 Å². The van der Waals surface area contributed by atoms with E-state index in [1.165, 1.54) is 19.3 Å². The maximum Gasteiger partial charge on any atom is 0.310 e. The molecule has 0 amide bonds. The molecule has 0 aromatic heterocycles. The lowest BCUT2D eigenvalue weighted by Gasteiger charge is -2.30. The van der Waals surface area contributed by atoms with E-state index in [0.717, 1.165) is 32.4 Å². The van der Waals surface area contributed by atoms with Crippen LogP contribution in [0.3, 0.4) is 0 Å². The molecule has 1 aliphatic heterocycles. The van der Waals surface area contributed by atoms with Gasteiger partial charge in [-0.05, 0) is 44.6 Å². The van der Waals surface area contributed by atoms with Crippen LogP contribution in [0, 0.1) is 11.8 Å². The van der Waals surface area contributed by atoms with Gasteiger partial charge in [0.15, 0.2) is 0 Å². The Labute approximate surface area is 97.9 Å². The Morgan fingerprint density at radius 3 is 2.69 bits per heavy atom. The van der Waals surface area contributed by atoms with E-state index >= 15 is 0 Å². The smallest absolute Gasteiger partial charge is 0.310 e. The first kappa shape index (κ1) is 11.9. The van der Waals surface area contributed by atoms with Crippen molar-refractivity contribution in [3.05, 3.63) is 0 Å². The fourth-order valence-corrected chi connectivity index (χ4v) is 2.76. The largest absolute Gasteiger partial charge is 0.462 e. The highest BCUT2D eigenvalue weighted by Gasteiger charge is 2.29. The number of rotatable bonds is 2. The van der Waals surface area contributed by atoms with Crippen LogP contribution in [0.1, 0.15) is 45.4 Å². The Bertz CT molecular complexity index is 236. The lowest BCUT2D eigenvalue weighted by molar-refractivity contribution is -0.158. The molecule has 0 aromatic rings. The lowest BCUT2D eigenvalue weighted by atomic mass is 9.88. The molecular formula is C13H23NO2. The topological polar surface area (TPSA) is 38.3 Å². The summed E-state index contributed by atoms with van der Waals surface area (Å²) in [5, 5.41) is 3.26. The highest BCUT2D eigenvalue weighted by atomic mass is 16.5. The first-order valence-electron chi connectivity index (χ1n) is 6.68. The molecule has 92 valence electrons. The SMILES string of the molecule is CC1CCCCC1OC(=O)C1CCCNC1. The van der Waals surface area contributed by atoms with Crippen molar-refractivity contribution in [2.24, 2.45) is 11.8 Å². The molecule has 0 bridgehead atoms. The number of carbonyl (C=O) groups is 1. The summed E-state index contributed by atoms with van der Waals surface area (Å²) >= 11 is 0. The van der Waals surface area contributed by atoms with Gasteiger partial charge in [-0.1, -0.05) is 13.3 Å². The van der Waals surface area contributed by atoms with E-state index in [0.29, 0.717) is 5.92 Å². The number of hydrogen-bond acceptors (Lipinski definition) is 3. The number of ether oxygens (including phenoxy) is 1. The summed E-state index contributed by atoms with van der Waals surface area (Å²) in [5.74, 6) is 0.683. The molecule has 3 unspecified atom stereocenters. The number of esters is 1. The molecule has 2 aliphatic rings. The third-order valence-electron chi connectivity index (χ3n) is 3.93. The maximum atomic E-state index is 11.9. The summed E-state index contributed by atoms with van der Waals surface area (Å²) in [6.45, 7) is 4.06. The van der Waals surface area contributed by atoms with E-state index in [1.54, 1.807) is 0 Å². The quantitative estimate of drug-likeness (QED) is 0.731. The fraction of sp³-hybridized carbons (Fsp3) is 0.923. The molecule has 2 fully saturated rings. The van der Waals surface area contributed by atoms with Gasteiger partial charge in [-0.15, -0.1) is 0 Å². The van der Waals surface area contributed by atoms with E-state index in [4.69, 9.17) is 4.74 Å². The maximum absolute atomic E-state index is 11.9. The molecule has 1 heterocycles. The first-order valence-corrected chi connectivity index (χ1v) is 6.68. The van der Waals surface area contributed by atoms with E-state index in [9.17, 15) is 4.79 Å². The second kappa shape index (κ2) is 5.67. The van der Waals surface area contributed by atoms with E-state index < -0.39 is 0 Å². The van der Waals surface area contributed by atoms with Gasteiger partial charge in [0.25, 0.3) is 0 Å². The van der Waals surface area contributed by atoms with Crippen LogP contribution in [-0.4, -0.2) is 25.2 Å². The second-order valence-corrected chi connectivity index (χ2v) is 5.28.